The lowest BCUT2D eigenvalue weighted by molar-refractivity contribution is 0.0663. The van der Waals surface area contributed by atoms with Crippen molar-refractivity contribution in [1.82, 2.24) is 9.88 Å². The fourth-order valence-electron chi connectivity index (χ4n) is 4.33. The summed E-state index contributed by atoms with van der Waals surface area (Å²) in [5.41, 5.74) is 3.13. The number of hydrogen-bond acceptors (Lipinski definition) is 3. The van der Waals surface area contributed by atoms with Crippen LogP contribution in [0.5, 0.6) is 5.75 Å². The molecule has 0 radical (unpaired) electrons. The van der Waals surface area contributed by atoms with Gasteiger partial charge in [0.1, 0.15) is 5.75 Å². The van der Waals surface area contributed by atoms with E-state index in [4.69, 9.17) is 4.74 Å². The molecule has 1 aliphatic rings. The second-order valence-electron chi connectivity index (χ2n) is 8.00. The summed E-state index contributed by atoms with van der Waals surface area (Å²) in [5, 5.41) is 1.00. The standard InChI is InChI=1S/C25H28N2O3/c1-3-17-11-12-23-19(13-17)14-20(24(28)26-23)16-27(21-8-4-5-9-21)25(29)18-7-6-10-22(15-18)30-2/h6-7,10-15,21H,3-5,8-9,16H2,1-2H3,(H,26,28). The fraction of sp³-hybridized carbons (Fsp3) is 0.360. The van der Waals surface area contributed by atoms with Crippen LogP contribution in [0.1, 0.15) is 54.1 Å². The van der Waals surface area contributed by atoms with Crippen molar-refractivity contribution in [3.05, 3.63) is 75.6 Å². The number of hydrogen-bond donors (Lipinski definition) is 1. The molecule has 0 saturated heterocycles. The van der Waals surface area contributed by atoms with E-state index in [1.165, 1.54) is 5.56 Å². The second-order valence-corrected chi connectivity index (χ2v) is 8.00. The largest absolute Gasteiger partial charge is 0.497 e. The van der Waals surface area contributed by atoms with Crippen LogP contribution in [-0.4, -0.2) is 28.9 Å². The number of rotatable bonds is 6. The third-order valence-electron chi connectivity index (χ3n) is 6.08. The number of pyridine rings is 1. The molecular formula is C25H28N2O3. The van der Waals surface area contributed by atoms with Crippen LogP contribution >= 0.6 is 0 Å². The van der Waals surface area contributed by atoms with E-state index in [1.54, 1.807) is 13.2 Å². The van der Waals surface area contributed by atoms with Gasteiger partial charge in [-0.2, -0.15) is 0 Å². The van der Waals surface area contributed by atoms with Crippen LogP contribution in [0.15, 0.2) is 53.3 Å². The highest BCUT2D eigenvalue weighted by Gasteiger charge is 2.28. The van der Waals surface area contributed by atoms with Crippen LogP contribution in [0.4, 0.5) is 0 Å². The Balaban J connectivity index is 1.70. The summed E-state index contributed by atoms with van der Waals surface area (Å²) in [4.78, 5) is 31.1. The topological polar surface area (TPSA) is 62.4 Å². The number of methoxy groups -OCH3 is 1. The van der Waals surface area contributed by atoms with E-state index in [1.807, 2.05) is 41.3 Å². The molecule has 4 rings (SSSR count). The molecule has 1 heterocycles. The Bertz CT molecular complexity index is 1110. The molecule has 3 aromatic rings. The molecule has 0 spiro atoms. The molecule has 1 aromatic heterocycles. The van der Waals surface area contributed by atoms with Gasteiger partial charge in [-0.05, 0) is 66.6 Å². The molecule has 156 valence electrons. The van der Waals surface area contributed by atoms with E-state index in [0.717, 1.165) is 43.0 Å². The van der Waals surface area contributed by atoms with E-state index >= 15 is 0 Å². The first-order valence-electron chi connectivity index (χ1n) is 10.7. The third-order valence-corrected chi connectivity index (χ3v) is 6.08. The number of ether oxygens (including phenoxy) is 1. The van der Waals surface area contributed by atoms with E-state index in [2.05, 4.69) is 18.0 Å². The average molecular weight is 405 g/mol. The van der Waals surface area contributed by atoms with Crippen molar-refractivity contribution in [3.8, 4) is 5.75 Å². The van der Waals surface area contributed by atoms with Gasteiger partial charge in [-0.15, -0.1) is 0 Å². The van der Waals surface area contributed by atoms with Crippen LogP contribution in [0.3, 0.4) is 0 Å². The van der Waals surface area contributed by atoms with Crippen molar-refractivity contribution >= 4 is 16.8 Å². The number of nitrogens with zero attached hydrogens (tertiary/aromatic N) is 1. The van der Waals surface area contributed by atoms with Crippen LogP contribution in [-0.2, 0) is 13.0 Å². The van der Waals surface area contributed by atoms with Gasteiger partial charge in [0.2, 0.25) is 0 Å². The first kappa shape index (κ1) is 20.2. The Morgan fingerprint density at radius 2 is 1.93 bits per heavy atom. The number of carbonyl (C=O) groups is 1. The Labute approximate surface area is 176 Å². The number of fused-ring (bicyclic) bond motifs is 1. The number of H-pyrrole nitrogens is 1. The molecule has 5 nitrogen and oxygen atoms in total. The summed E-state index contributed by atoms with van der Waals surface area (Å²) in [5.74, 6) is 0.602. The zero-order valence-corrected chi connectivity index (χ0v) is 17.6. The minimum Gasteiger partial charge on any atom is -0.497 e. The molecule has 5 heteroatoms. The van der Waals surface area contributed by atoms with Crippen molar-refractivity contribution in [3.63, 3.8) is 0 Å². The Hall–Kier alpha value is -3.08. The highest BCUT2D eigenvalue weighted by Crippen LogP contribution is 2.27. The van der Waals surface area contributed by atoms with Gasteiger partial charge >= 0.3 is 0 Å². The quantitative estimate of drug-likeness (QED) is 0.649. The molecule has 30 heavy (non-hydrogen) atoms. The highest BCUT2D eigenvalue weighted by atomic mass is 16.5. The molecule has 0 atom stereocenters. The van der Waals surface area contributed by atoms with Crippen LogP contribution < -0.4 is 10.3 Å². The molecule has 1 N–H and O–H groups in total. The Kier molecular flexibility index (Phi) is 5.88. The predicted octanol–water partition coefficient (Wildman–Crippen LogP) is 4.68. The summed E-state index contributed by atoms with van der Waals surface area (Å²) >= 11 is 0. The molecule has 2 aromatic carbocycles. The Morgan fingerprint density at radius 3 is 2.67 bits per heavy atom. The van der Waals surface area contributed by atoms with Gasteiger partial charge in [0, 0.05) is 22.7 Å². The van der Waals surface area contributed by atoms with Gasteiger partial charge in [-0.1, -0.05) is 31.9 Å². The van der Waals surface area contributed by atoms with Crippen LogP contribution in [0.2, 0.25) is 0 Å². The van der Waals surface area contributed by atoms with Gasteiger partial charge in [0.25, 0.3) is 11.5 Å². The minimum absolute atomic E-state index is 0.0531. The molecule has 1 saturated carbocycles. The summed E-state index contributed by atoms with van der Waals surface area (Å²) in [6.45, 7) is 2.42. The van der Waals surface area contributed by atoms with Crippen LogP contribution in [0, 0.1) is 0 Å². The van der Waals surface area contributed by atoms with E-state index in [-0.39, 0.29) is 17.5 Å². The number of aromatic amines is 1. The van der Waals surface area contributed by atoms with Crippen LogP contribution in [0.25, 0.3) is 10.9 Å². The van der Waals surface area contributed by atoms with Gasteiger partial charge < -0.3 is 14.6 Å². The zero-order valence-electron chi connectivity index (χ0n) is 17.6. The molecule has 1 amide bonds. The van der Waals surface area contributed by atoms with Gasteiger partial charge in [0.15, 0.2) is 0 Å². The normalized spacial score (nSPS) is 14.2. The Morgan fingerprint density at radius 1 is 1.13 bits per heavy atom. The van der Waals surface area contributed by atoms with Crippen molar-refractivity contribution < 1.29 is 9.53 Å². The van der Waals surface area contributed by atoms with Crippen molar-refractivity contribution in [2.24, 2.45) is 0 Å². The third kappa shape index (κ3) is 4.11. The van der Waals surface area contributed by atoms with Crippen molar-refractivity contribution in [1.29, 1.82) is 0 Å². The van der Waals surface area contributed by atoms with Crippen molar-refractivity contribution in [2.45, 2.75) is 51.6 Å². The number of carbonyl (C=O) groups excluding carboxylic acids is 1. The molecule has 0 aliphatic heterocycles. The number of nitrogens with one attached hydrogen (secondary N) is 1. The molecule has 1 fully saturated rings. The SMILES string of the molecule is CCc1ccc2[nH]c(=O)c(CN(C(=O)c3cccc(OC)c3)C3CCCC3)cc2c1. The maximum absolute atomic E-state index is 13.4. The lowest BCUT2D eigenvalue weighted by Crippen LogP contribution is -2.39. The fourth-order valence-corrected chi connectivity index (χ4v) is 4.33. The highest BCUT2D eigenvalue weighted by molar-refractivity contribution is 5.95. The molecule has 1 aliphatic carbocycles. The van der Waals surface area contributed by atoms with Gasteiger partial charge in [-0.25, -0.2) is 0 Å². The van der Waals surface area contributed by atoms with Gasteiger partial charge in [-0.3, -0.25) is 9.59 Å². The molecule has 0 bridgehead atoms. The lowest BCUT2D eigenvalue weighted by atomic mass is 10.1. The first-order valence-corrected chi connectivity index (χ1v) is 10.7. The number of aryl methyl sites for hydroxylation is 1. The lowest BCUT2D eigenvalue weighted by Gasteiger charge is -2.29. The van der Waals surface area contributed by atoms with E-state index in [0.29, 0.717) is 23.4 Å². The monoisotopic (exact) mass is 404 g/mol. The minimum atomic E-state index is -0.131. The number of benzene rings is 2. The number of aromatic nitrogens is 1. The maximum Gasteiger partial charge on any atom is 0.254 e. The summed E-state index contributed by atoms with van der Waals surface area (Å²) in [6.07, 6.45) is 5.11. The smallest absolute Gasteiger partial charge is 0.254 e. The summed E-state index contributed by atoms with van der Waals surface area (Å²) < 4.78 is 5.29. The molecular weight excluding hydrogens is 376 g/mol. The molecule has 0 unspecified atom stereocenters. The van der Waals surface area contributed by atoms with E-state index < -0.39 is 0 Å². The summed E-state index contributed by atoms with van der Waals surface area (Å²) in [6, 6.07) is 15.4. The maximum atomic E-state index is 13.4. The second kappa shape index (κ2) is 8.74. The average Bonchev–Trinajstić information content (AvgIpc) is 3.31. The van der Waals surface area contributed by atoms with Crippen molar-refractivity contribution in [2.75, 3.05) is 7.11 Å². The van der Waals surface area contributed by atoms with E-state index in [9.17, 15) is 9.59 Å². The van der Waals surface area contributed by atoms with Gasteiger partial charge in [0.05, 0.1) is 13.7 Å². The number of amides is 1. The summed E-state index contributed by atoms with van der Waals surface area (Å²) in [7, 11) is 1.59. The predicted molar refractivity (Wildman–Crippen MR) is 119 cm³/mol. The first-order chi connectivity index (χ1) is 14.6. The zero-order chi connectivity index (χ0) is 21.1.